The third-order valence-electron chi connectivity index (χ3n) is 4.10. The summed E-state index contributed by atoms with van der Waals surface area (Å²) in [5, 5.41) is 15.9. The van der Waals surface area contributed by atoms with Gasteiger partial charge in [-0.05, 0) is 42.8 Å². The Hall–Kier alpha value is -3.61. The Kier molecular flexibility index (Phi) is 4.57. The Bertz CT molecular complexity index is 1070. The largest absolute Gasteiger partial charge is 0.326 e. The molecule has 1 amide bonds. The van der Waals surface area contributed by atoms with Gasteiger partial charge in [0.15, 0.2) is 5.65 Å². The van der Waals surface area contributed by atoms with E-state index in [1.165, 1.54) is 0 Å². The number of carbonyl (C=O) groups is 1. The van der Waals surface area contributed by atoms with Crippen molar-refractivity contribution < 1.29 is 4.79 Å². The van der Waals surface area contributed by atoms with Crippen LogP contribution in [0.15, 0.2) is 60.8 Å². The Balaban J connectivity index is 1.65. The van der Waals surface area contributed by atoms with Gasteiger partial charge in [-0.25, -0.2) is 0 Å². The second kappa shape index (κ2) is 7.33. The molecular formula is C20H18N6O. The van der Waals surface area contributed by atoms with Crippen LogP contribution < -0.4 is 5.32 Å². The van der Waals surface area contributed by atoms with Crippen LogP contribution in [-0.2, 0) is 4.79 Å². The predicted octanol–water partition coefficient (Wildman–Crippen LogP) is 3.59. The molecule has 4 rings (SSSR count). The molecule has 7 nitrogen and oxygen atoms in total. The number of carbonyl (C=O) groups excluding carboxylic acids is 1. The molecule has 134 valence electrons. The lowest BCUT2D eigenvalue weighted by atomic mass is 10.1. The van der Waals surface area contributed by atoms with Gasteiger partial charge in [-0.15, -0.1) is 10.2 Å². The fraction of sp³-hybridized carbons (Fsp3) is 0.150. The molecule has 0 bridgehead atoms. The van der Waals surface area contributed by atoms with E-state index in [0.717, 1.165) is 23.4 Å². The Morgan fingerprint density at radius 1 is 1.00 bits per heavy atom. The van der Waals surface area contributed by atoms with Crippen molar-refractivity contribution in [3.8, 4) is 22.8 Å². The molecule has 0 radical (unpaired) electrons. The number of aromatic nitrogens is 5. The maximum absolute atomic E-state index is 11.7. The molecule has 0 atom stereocenters. The lowest BCUT2D eigenvalue weighted by Gasteiger charge is -2.06. The third kappa shape index (κ3) is 3.52. The van der Waals surface area contributed by atoms with Gasteiger partial charge in [0.25, 0.3) is 0 Å². The first kappa shape index (κ1) is 16.8. The van der Waals surface area contributed by atoms with Crippen LogP contribution in [-0.4, -0.2) is 30.7 Å². The van der Waals surface area contributed by atoms with Crippen molar-refractivity contribution in [1.29, 1.82) is 0 Å². The zero-order valence-electron chi connectivity index (χ0n) is 14.8. The van der Waals surface area contributed by atoms with Crippen molar-refractivity contribution >= 4 is 17.2 Å². The molecule has 4 aromatic rings. The molecule has 0 saturated heterocycles. The van der Waals surface area contributed by atoms with Crippen LogP contribution in [0.5, 0.6) is 0 Å². The molecule has 3 heterocycles. The number of nitrogens with one attached hydrogen (secondary N) is 1. The van der Waals surface area contributed by atoms with Crippen LogP contribution in [0.25, 0.3) is 28.4 Å². The highest BCUT2D eigenvalue weighted by molar-refractivity contribution is 5.90. The van der Waals surface area contributed by atoms with E-state index in [2.05, 4.69) is 25.6 Å². The van der Waals surface area contributed by atoms with Gasteiger partial charge in [-0.3, -0.25) is 9.78 Å². The minimum absolute atomic E-state index is 0.0225. The zero-order valence-corrected chi connectivity index (χ0v) is 14.8. The minimum atomic E-state index is 0.0225. The van der Waals surface area contributed by atoms with Crippen LogP contribution in [0, 0.1) is 0 Å². The summed E-state index contributed by atoms with van der Waals surface area (Å²) in [7, 11) is 0. The van der Waals surface area contributed by atoms with Gasteiger partial charge in [0.2, 0.25) is 11.7 Å². The topological polar surface area (TPSA) is 85.1 Å². The van der Waals surface area contributed by atoms with Gasteiger partial charge in [0, 0.05) is 23.9 Å². The second-order valence-electron chi connectivity index (χ2n) is 6.10. The lowest BCUT2D eigenvalue weighted by molar-refractivity contribution is -0.116. The smallest absolute Gasteiger partial charge is 0.224 e. The van der Waals surface area contributed by atoms with Gasteiger partial charge in [-0.2, -0.15) is 9.61 Å². The number of benzene rings is 1. The Morgan fingerprint density at radius 2 is 1.85 bits per heavy atom. The summed E-state index contributed by atoms with van der Waals surface area (Å²) in [6.07, 6.45) is 3.06. The number of fused-ring (bicyclic) bond motifs is 1. The van der Waals surface area contributed by atoms with Crippen molar-refractivity contribution in [3.05, 3.63) is 60.8 Å². The first-order valence-corrected chi connectivity index (χ1v) is 8.79. The maximum Gasteiger partial charge on any atom is 0.224 e. The lowest BCUT2D eigenvalue weighted by Crippen LogP contribution is -2.10. The number of hydrogen-bond acceptors (Lipinski definition) is 5. The highest BCUT2D eigenvalue weighted by Crippen LogP contribution is 2.22. The molecule has 1 N–H and O–H groups in total. The summed E-state index contributed by atoms with van der Waals surface area (Å²) in [6, 6.07) is 17.0. The SMILES string of the molecule is CCCC(=O)Nc1ccc(-c2ccc3nnc(-c4ccccn4)n3n2)cc1. The monoisotopic (exact) mass is 358 g/mol. The minimum Gasteiger partial charge on any atom is -0.326 e. The van der Waals surface area contributed by atoms with E-state index in [4.69, 9.17) is 0 Å². The van der Waals surface area contributed by atoms with E-state index < -0.39 is 0 Å². The average molecular weight is 358 g/mol. The number of hydrogen-bond donors (Lipinski definition) is 1. The zero-order chi connectivity index (χ0) is 18.6. The van der Waals surface area contributed by atoms with Crippen LogP contribution in [0.2, 0.25) is 0 Å². The quantitative estimate of drug-likeness (QED) is 0.589. The second-order valence-corrected chi connectivity index (χ2v) is 6.10. The molecule has 0 aliphatic carbocycles. The van der Waals surface area contributed by atoms with E-state index in [1.807, 2.05) is 61.5 Å². The molecule has 7 heteroatoms. The van der Waals surface area contributed by atoms with E-state index in [1.54, 1.807) is 10.7 Å². The normalized spacial score (nSPS) is 10.9. The van der Waals surface area contributed by atoms with Gasteiger partial charge in [0.05, 0.1) is 5.69 Å². The van der Waals surface area contributed by atoms with Gasteiger partial charge < -0.3 is 5.32 Å². The fourth-order valence-corrected chi connectivity index (χ4v) is 2.77. The van der Waals surface area contributed by atoms with Crippen molar-refractivity contribution in [3.63, 3.8) is 0 Å². The number of rotatable bonds is 5. The number of amides is 1. The molecule has 0 saturated carbocycles. The molecular weight excluding hydrogens is 340 g/mol. The first-order valence-electron chi connectivity index (χ1n) is 8.79. The standard InChI is InChI=1S/C20H18N6O/c1-2-5-19(27)22-15-9-7-14(8-10-15)16-11-12-18-23-24-20(26(18)25-16)17-6-3-4-13-21-17/h3-4,6-13H,2,5H2,1H3,(H,22,27). The van der Waals surface area contributed by atoms with Crippen molar-refractivity contribution in [2.75, 3.05) is 5.32 Å². The molecule has 1 aromatic carbocycles. The van der Waals surface area contributed by atoms with Gasteiger partial charge >= 0.3 is 0 Å². The summed E-state index contributed by atoms with van der Waals surface area (Å²) in [5.74, 6) is 0.616. The van der Waals surface area contributed by atoms with Gasteiger partial charge in [0.1, 0.15) is 5.69 Å². The molecule has 0 fully saturated rings. The third-order valence-corrected chi connectivity index (χ3v) is 4.10. The number of pyridine rings is 1. The Morgan fingerprint density at radius 3 is 2.59 bits per heavy atom. The van der Waals surface area contributed by atoms with Gasteiger partial charge in [-0.1, -0.05) is 25.1 Å². The molecule has 0 aliphatic rings. The number of anilines is 1. The molecule has 27 heavy (non-hydrogen) atoms. The van der Waals surface area contributed by atoms with Crippen molar-refractivity contribution in [1.82, 2.24) is 24.8 Å². The summed E-state index contributed by atoms with van der Waals surface area (Å²) in [5.41, 5.74) is 3.86. The maximum atomic E-state index is 11.7. The predicted molar refractivity (Wildman–Crippen MR) is 103 cm³/mol. The highest BCUT2D eigenvalue weighted by Gasteiger charge is 2.11. The van der Waals surface area contributed by atoms with Crippen LogP contribution in [0.1, 0.15) is 19.8 Å². The summed E-state index contributed by atoms with van der Waals surface area (Å²) in [6.45, 7) is 1.98. The number of nitrogens with zero attached hydrogens (tertiary/aromatic N) is 5. The molecule has 0 aliphatic heterocycles. The van der Waals surface area contributed by atoms with Crippen molar-refractivity contribution in [2.24, 2.45) is 0 Å². The van der Waals surface area contributed by atoms with E-state index in [0.29, 0.717) is 23.6 Å². The summed E-state index contributed by atoms with van der Waals surface area (Å²) in [4.78, 5) is 16.0. The molecule has 0 spiro atoms. The van der Waals surface area contributed by atoms with E-state index in [9.17, 15) is 4.79 Å². The van der Waals surface area contributed by atoms with Crippen LogP contribution in [0.3, 0.4) is 0 Å². The fourth-order valence-electron chi connectivity index (χ4n) is 2.77. The molecule has 0 unspecified atom stereocenters. The first-order chi connectivity index (χ1) is 13.2. The Labute approximate surface area is 156 Å². The summed E-state index contributed by atoms with van der Waals surface area (Å²) < 4.78 is 1.69. The van der Waals surface area contributed by atoms with E-state index in [-0.39, 0.29) is 5.91 Å². The van der Waals surface area contributed by atoms with E-state index >= 15 is 0 Å². The van der Waals surface area contributed by atoms with Crippen LogP contribution in [0.4, 0.5) is 5.69 Å². The van der Waals surface area contributed by atoms with Crippen LogP contribution >= 0.6 is 0 Å². The van der Waals surface area contributed by atoms with Crippen molar-refractivity contribution in [2.45, 2.75) is 19.8 Å². The highest BCUT2D eigenvalue weighted by atomic mass is 16.1. The molecule has 3 aromatic heterocycles. The average Bonchev–Trinajstić information content (AvgIpc) is 3.12. The summed E-state index contributed by atoms with van der Waals surface area (Å²) >= 11 is 0.